The van der Waals surface area contributed by atoms with Gasteiger partial charge in [-0.3, -0.25) is 4.79 Å². The van der Waals surface area contributed by atoms with Crippen LogP contribution in [0, 0.1) is 0 Å². The minimum atomic E-state index is 0.0580. The fourth-order valence-corrected chi connectivity index (χ4v) is 3.84. The number of methoxy groups -OCH3 is 1. The maximum Gasteiger partial charge on any atom is 0.265 e. The van der Waals surface area contributed by atoms with E-state index in [0.717, 1.165) is 48.7 Å². The van der Waals surface area contributed by atoms with Crippen LogP contribution >= 0.6 is 11.3 Å². The van der Waals surface area contributed by atoms with Crippen molar-refractivity contribution in [1.82, 2.24) is 9.88 Å². The Morgan fingerprint density at radius 2 is 2.04 bits per heavy atom. The van der Waals surface area contributed by atoms with E-state index < -0.39 is 0 Å². The van der Waals surface area contributed by atoms with Crippen LogP contribution in [0.1, 0.15) is 28.9 Å². The van der Waals surface area contributed by atoms with Crippen LogP contribution in [0.4, 0.5) is 0 Å². The third kappa shape index (κ3) is 4.60. The molecule has 0 aliphatic carbocycles. The molecule has 0 saturated carbocycles. The van der Waals surface area contributed by atoms with Crippen LogP contribution in [0.25, 0.3) is 10.6 Å². The number of rotatable bonds is 7. The molecule has 2 aromatic rings. The Morgan fingerprint density at radius 3 is 2.69 bits per heavy atom. The van der Waals surface area contributed by atoms with Crippen LogP contribution < -0.4 is 10.5 Å². The highest BCUT2D eigenvalue weighted by Crippen LogP contribution is 2.28. The average molecular weight is 375 g/mol. The molecule has 2 heterocycles. The molecule has 1 aromatic carbocycles. The number of aromatic nitrogens is 1. The van der Waals surface area contributed by atoms with Crippen molar-refractivity contribution in [2.75, 3.05) is 33.4 Å². The fraction of sp³-hybridized carbons (Fsp3) is 0.474. The van der Waals surface area contributed by atoms with Gasteiger partial charge in [0.1, 0.15) is 15.6 Å². The van der Waals surface area contributed by atoms with Crippen molar-refractivity contribution in [3.05, 3.63) is 35.3 Å². The summed E-state index contributed by atoms with van der Waals surface area (Å²) in [6.07, 6.45) is 4.55. The van der Waals surface area contributed by atoms with Gasteiger partial charge < -0.3 is 20.1 Å². The summed E-state index contributed by atoms with van der Waals surface area (Å²) in [5.41, 5.74) is 6.47. The van der Waals surface area contributed by atoms with Crippen molar-refractivity contribution in [3.63, 3.8) is 0 Å². The van der Waals surface area contributed by atoms with Gasteiger partial charge in [-0.25, -0.2) is 4.98 Å². The van der Waals surface area contributed by atoms with Crippen molar-refractivity contribution >= 4 is 17.2 Å². The topological polar surface area (TPSA) is 77.7 Å². The van der Waals surface area contributed by atoms with Gasteiger partial charge in [0.25, 0.3) is 5.91 Å². The van der Waals surface area contributed by atoms with Crippen LogP contribution in [0.5, 0.6) is 5.75 Å². The number of ether oxygens (including phenoxy) is 2. The van der Waals surface area contributed by atoms with Gasteiger partial charge in [0.2, 0.25) is 0 Å². The quantitative estimate of drug-likeness (QED) is 0.753. The predicted molar refractivity (Wildman–Crippen MR) is 103 cm³/mol. The monoisotopic (exact) mass is 375 g/mol. The molecule has 1 amide bonds. The maximum absolute atomic E-state index is 12.7. The highest BCUT2D eigenvalue weighted by Gasteiger charge is 2.25. The lowest BCUT2D eigenvalue weighted by atomic mass is 10.1. The molecule has 1 aliphatic rings. The molecule has 0 radical (unpaired) electrons. The number of amides is 1. The van der Waals surface area contributed by atoms with Crippen molar-refractivity contribution in [2.45, 2.75) is 25.4 Å². The standard InChI is InChI=1S/C19H25N3O3S/c1-24-15-5-3-14(4-6-15)18-21-13-17(26-18)19(23)22-10-7-16(8-11-22)25-12-2-9-20/h3-6,13,16H,2,7-12,20H2,1H3. The van der Waals surface area contributed by atoms with E-state index in [-0.39, 0.29) is 12.0 Å². The number of piperidine rings is 1. The number of hydrogen-bond donors (Lipinski definition) is 1. The molecule has 0 unspecified atom stereocenters. The molecule has 0 spiro atoms. The van der Waals surface area contributed by atoms with Gasteiger partial charge in [0, 0.05) is 25.3 Å². The molecule has 1 aliphatic heterocycles. The van der Waals surface area contributed by atoms with Crippen LogP contribution in [0.2, 0.25) is 0 Å². The Balaban J connectivity index is 1.56. The molecule has 140 valence electrons. The number of likely N-dealkylation sites (tertiary alicyclic amines) is 1. The van der Waals surface area contributed by atoms with Gasteiger partial charge in [-0.05, 0) is 50.1 Å². The van der Waals surface area contributed by atoms with Gasteiger partial charge in [-0.1, -0.05) is 0 Å². The Kier molecular flexibility index (Phi) is 6.60. The summed E-state index contributed by atoms with van der Waals surface area (Å²) in [6, 6.07) is 7.70. The average Bonchev–Trinajstić information content (AvgIpc) is 3.18. The van der Waals surface area contributed by atoms with Crippen molar-refractivity contribution in [3.8, 4) is 16.3 Å². The summed E-state index contributed by atoms with van der Waals surface area (Å²) in [5, 5.41) is 0.844. The summed E-state index contributed by atoms with van der Waals surface area (Å²) in [7, 11) is 1.64. The number of benzene rings is 1. The number of nitrogens with zero attached hydrogens (tertiary/aromatic N) is 2. The smallest absolute Gasteiger partial charge is 0.265 e. The first-order valence-electron chi connectivity index (χ1n) is 8.92. The van der Waals surface area contributed by atoms with Gasteiger partial charge >= 0.3 is 0 Å². The zero-order valence-electron chi connectivity index (χ0n) is 15.0. The number of thiazole rings is 1. The lowest BCUT2D eigenvalue weighted by molar-refractivity contribution is 0.00857. The van der Waals surface area contributed by atoms with Crippen LogP contribution in [0.3, 0.4) is 0 Å². The molecular weight excluding hydrogens is 350 g/mol. The molecule has 7 heteroatoms. The minimum absolute atomic E-state index is 0.0580. The molecule has 0 atom stereocenters. The van der Waals surface area contributed by atoms with Crippen molar-refractivity contribution < 1.29 is 14.3 Å². The number of carbonyl (C=O) groups is 1. The lowest BCUT2D eigenvalue weighted by Crippen LogP contribution is -2.40. The molecular formula is C19H25N3O3S. The number of hydrogen-bond acceptors (Lipinski definition) is 6. The van der Waals surface area contributed by atoms with Gasteiger partial charge in [0.15, 0.2) is 0 Å². The van der Waals surface area contributed by atoms with E-state index in [4.69, 9.17) is 15.2 Å². The molecule has 0 bridgehead atoms. The molecule has 6 nitrogen and oxygen atoms in total. The second-order valence-corrected chi connectivity index (χ2v) is 7.29. The Morgan fingerprint density at radius 1 is 1.31 bits per heavy atom. The van der Waals surface area contributed by atoms with Gasteiger partial charge in [0.05, 0.1) is 19.4 Å². The van der Waals surface area contributed by atoms with E-state index >= 15 is 0 Å². The summed E-state index contributed by atoms with van der Waals surface area (Å²) in [6.45, 7) is 2.80. The largest absolute Gasteiger partial charge is 0.497 e. The summed E-state index contributed by atoms with van der Waals surface area (Å²) < 4.78 is 11.0. The molecule has 1 fully saturated rings. The van der Waals surface area contributed by atoms with Crippen molar-refractivity contribution in [2.24, 2.45) is 5.73 Å². The number of carbonyl (C=O) groups excluding carboxylic acids is 1. The third-order valence-electron chi connectivity index (χ3n) is 4.48. The lowest BCUT2D eigenvalue weighted by Gasteiger charge is -2.31. The first-order chi connectivity index (χ1) is 12.7. The van der Waals surface area contributed by atoms with Gasteiger partial charge in [-0.15, -0.1) is 11.3 Å². The molecule has 1 saturated heterocycles. The van der Waals surface area contributed by atoms with E-state index in [1.165, 1.54) is 11.3 Å². The molecule has 3 rings (SSSR count). The highest BCUT2D eigenvalue weighted by atomic mass is 32.1. The first kappa shape index (κ1) is 18.8. The van der Waals surface area contributed by atoms with E-state index in [1.807, 2.05) is 29.2 Å². The van der Waals surface area contributed by atoms with Crippen molar-refractivity contribution in [1.29, 1.82) is 0 Å². The molecule has 1 aromatic heterocycles. The second-order valence-electron chi connectivity index (χ2n) is 6.26. The summed E-state index contributed by atoms with van der Waals surface area (Å²) in [5.74, 6) is 0.862. The van der Waals surface area contributed by atoms with Crippen LogP contribution in [0.15, 0.2) is 30.5 Å². The number of nitrogens with two attached hydrogens (primary N) is 1. The second kappa shape index (κ2) is 9.12. The maximum atomic E-state index is 12.7. The first-order valence-corrected chi connectivity index (χ1v) is 9.74. The SMILES string of the molecule is COc1ccc(-c2ncc(C(=O)N3CCC(OCCCN)CC3)s2)cc1. The van der Waals surface area contributed by atoms with E-state index in [9.17, 15) is 4.79 Å². The van der Waals surface area contributed by atoms with Gasteiger partial charge in [-0.2, -0.15) is 0 Å². The summed E-state index contributed by atoms with van der Waals surface area (Å²) >= 11 is 1.43. The Hall–Kier alpha value is -1.96. The van der Waals surface area contributed by atoms with Crippen LogP contribution in [-0.2, 0) is 4.74 Å². The normalized spacial score (nSPS) is 15.2. The Labute approximate surface area is 157 Å². The Bertz CT molecular complexity index is 709. The van der Waals surface area contributed by atoms with E-state index in [1.54, 1.807) is 13.3 Å². The molecule has 26 heavy (non-hydrogen) atoms. The fourth-order valence-electron chi connectivity index (χ4n) is 2.95. The predicted octanol–water partition coefficient (Wildman–Crippen LogP) is 2.79. The zero-order valence-corrected chi connectivity index (χ0v) is 15.8. The van der Waals surface area contributed by atoms with E-state index in [2.05, 4.69) is 4.98 Å². The zero-order chi connectivity index (χ0) is 18.4. The summed E-state index contributed by atoms with van der Waals surface area (Å²) in [4.78, 5) is 19.7. The minimum Gasteiger partial charge on any atom is -0.497 e. The van der Waals surface area contributed by atoms with Crippen LogP contribution in [-0.4, -0.2) is 55.2 Å². The highest BCUT2D eigenvalue weighted by molar-refractivity contribution is 7.16. The molecule has 2 N–H and O–H groups in total. The third-order valence-corrected chi connectivity index (χ3v) is 5.52. The van der Waals surface area contributed by atoms with E-state index in [0.29, 0.717) is 18.0 Å².